The number of hydrogen-bond acceptors (Lipinski definition) is 4. The Bertz CT molecular complexity index is 853. The summed E-state index contributed by atoms with van der Waals surface area (Å²) in [6.45, 7) is 0. The lowest BCUT2D eigenvalue weighted by molar-refractivity contribution is 0.0929. The normalized spacial score (nSPS) is 11.0. The first kappa shape index (κ1) is 15.3. The van der Waals surface area contributed by atoms with Gasteiger partial charge in [0.2, 0.25) is 0 Å². The maximum Gasteiger partial charge on any atom is 0.307 e. The quantitative estimate of drug-likeness (QED) is 0.556. The van der Waals surface area contributed by atoms with Gasteiger partial charge in [-0.05, 0) is 30.3 Å². The molecule has 0 saturated carbocycles. The van der Waals surface area contributed by atoms with Gasteiger partial charge in [0.05, 0.1) is 13.3 Å². The van der Waals surface area contributed by atoms with Gasteiger partial charge in [0.15, 0.2) is 5.76 Å². The van der Waals surface area contributed by atoms with Crippen molar-refractivity contribution in [1.29, 1.82) is 0 Å². The van der Waals surface area contributed by atoms with Crippen molar-refractivity contribution in [3.8, 4) is 5.75 Å². The highest BCUT2D eigenvalue weighted by Crippen LogP contribution is 2.21. The lowest BCUT2D eigenvalue weighted by Gasteiger charge is -2.02. The fourth-order valence-electron chi connectivity index (χ4n) is 2.06. The Kier molecular flexibility index (Phi) is 4.43. The molecule has 1 heterocycles. The SMILES string of the molecule is COc1ccc(Br)c(/C=N/NC(=O)c2cc3ccccc3o2)c1. The van der Waals surface area contributed by atoms with Crippen molar-refractivity contribution in [1.82, 2.24) is 5.43 Å². The van der Waals surface area contributed by atoms with Crippen LogP contribution in [0.25, 0.3) is 11.0 Å². The largest absolute Gasteiger partial charge is 0.497 e. The molecule has 1 N–H and O–H groups in total. The van der Waals surface area contributed by atoms with E-state index < -0.39 is 5.91 Å². The highest BCUT2D eigenvalue weighted by molar-refractivity contribution is 9.10. The maximum absolute atomic E-state index is 12.1. The minimum absolute atomic E-state index is 0.216. The van der Waals surface area contributed by atoms with Crippen LogP contribution in [0.5, 0.6) is 5.75 Å². The molecule has 0 atom stereocenters. The number of hydrogen-bond donors (Lipinski definition) is 1. The molecular formula is C17H13BrN2O3. The second-order valence-corrected chi connectivity index (χ2v) is 5.59. The number of amides is 1. The van der Waals surface area contributed by atoms with Crippen molar-refractivity contribution >= 4 is 39.0 Å². The highest BCUT2D eigenvalue weighted by Gasteiger charge is 2.11. The van der Waals surface area contributed by atoms with Gasteiger partial charge < -0.3 is 9.15 Å². The number of nitrogens with one attached hydrogen (secondary N) is 1. The second-order valence-electron chi connectivity index (χ2n) is 4.74. The fourth-order valence-corrected chi connectivity index (χ4v) is 2.41. The number of carbonyl (C=O) groups is 1. The Hall–Kier alpha value is -2.60. The molecule has 0 aliphatic rings. The Morgan fingerprint density at radius 2 is 2.09 bits per heavy atom. The van der Waals surface area contributed by atoms with Crippen molar-refractivity contribution in [3.05, 3.63) is 64.3 Å². The third-order valence-corrected chi connectivity index (χ3v) is 3.94. The number of halogens is 1. The lowest BCUT2D eigenvalue weighted by atomic mass is 10.2. The van der Waals surface area contributed by atoms with Crippen LogP contribution in [0.15, 0.2) is 62.5 Å². The summed E-state index contributed by atoms with van der Waals surface area (Å²) in [5.74, 6) is 0.516. The molecule has 0 radical (unpaired) electrons. The van der Waals surface area contributed by atoms with E-state index in [1.165, 1.54) is 6.21 Å². The molecule has 1 aromatic heterocycles. The zero-order valence-corrected chi connectivity index (χ0v) is 13.8. The van der Waals surface area contributed by atoms with Crippen LogP contribution in [0.2, 0.25) is 0 Å². The lowest BCUT2D eigenvalue weighted by Crippen LogP contribution is -2.16. The Balaban J connectivity index is 1.73. The summed E-state index contributed by atoms with van der Waals surface area (Å²) in [5.41, 5.74) is 3.90. The van der Waals surface area contributed by atoms with E-state index in [4.69, 9.17) is 9.15 Å². The Labute approximate surface area is 141 Å². The van der Waals surface area contributed by atoms with Gasteiger partial charge >= 0.3 is 5.91 Å². The van der Waals surface area contributed by atoms with Crippen LogP contribution in [-0.2, 0) is 0 Å². The van der Waals surface area contributed by atoms with Crippen molar-refractivity contribution in [2.45, 2.75) is 0 Å². The number of furan rings is 1. The Morgan fingerprint density at radius 1 is 1.26 bits per heavy atom. The average molecular weight is 373 g/mol. The highest BCUT2D eigenvalue weighted by atomic mass is 79.9. The van der Waals surface area contributed by atoms with Gasteiger partial charge in [0, 0.05) is 15.4 Å². The van der Waals surface area contributed by atoms with Crippen LogP contribution < -0.4 is 10.2 Å². The van der Waals surface area contributed by atoms with Gasteiger partial charge in [-0.2, -0.15) is 5.10 Å². The van der Waals surface area contributed by atoms with E-state index in [2.05, 4.69) is 26.5 Å². The predicted molar refractivity (Wildman–Crippen MR) is 92.0 cm³/mol. The minimum atomic E-state index is -0.406. The van der Waals surface area contributed by atoms with Gasteiger partial charge in [0.25, 0.3) is 0 Å². The number of methoxy groups -OCH3 is 1. The molecule has 2 aromatic carbocycles. The molecule has 0 bridgehead atoms. The summed E-state index contributed by atoms with van der Waals surface area (Å²) >= 11 is 3.42. The smallest absolute Gasteiger partial charge is 0.307 e. The van der Waals surface area contributed by atoms with E-state index >= 15 is 0 Å². The molecule has 23 heavy (non-hydrogen) atoms. The Morgan fingerprint density at radius 3 is 2.87 bits per heavy atom. The zero-order chi connectivity index (χ0) is 16.2. The third kappa shape index (κ3) is 3.43. The van der Waals surface area contributed by atoms with E-state index in [-0.39, 0.29) is 5.76 Å². The van der Waals surface area contributed by atoms with Gasteiger partial charge in [-0.1, -0.05) is 34.1 Å². The van der Waals surface area contributed by atoms with Gasteiger partial charge in [-0.3, -0.25) is 4.79 Å². The van der Waals surface area contributed by atoms with E-state index in [9.17, 15) is 4.79 Å². The summed E-state index contributed by atoms with van der Waals surface area (Å²) in [7, 11) is 1.59. The first-order valence-corrected chi connectivity index (χ1v) is 7.62. The number of ether oxygens (including phenoxy) is 1. The molecule has 0 aliphatic heterocycles. The third-order valence-electron chi connectivity index (χ3n) is 3.22. The molecule has 116 valence electrons. The molecule has 0 unspecified atom stereocenters. The van der Waals surface area contributed by atoms with Crippen LogP contribution in [0.4, 0.5) is 0 Å². The van der Waals surface area contributed by atoms with Crippen LogP contribution >= 0.6 is 15.9 Å². The summed E-state index contributed by atoms with van der Waals surface area (Å²) < 4.78 is 11.5. The molecule has 5 nitrogen and oxygen atoms in total. The average Bonchev–Trinajstić information content (AvgIpc) is 3.00. The number of benzene rings is 2. The van der Waals surface area contributed by atoms with E-state index in [0.717, 1.165) is 15.4 Å². The van der Waals surface area contributed by atoms with E-state index in [1.54, 1.807) is 19.2 Å². The predicted octanol–water partition coefficient (Wildman–Crippen LogP) is 3.97. The molecule has 3 aromatic rings. The molecule has 1 amide bonds. The molecule has 0 aliphatic carbocycles. The van der Waals surface area contributed by atoms with Crippen LogP contribution in [0, 0.1) is 0 Å². The molecular weight excluding hydrogens is 360 g/mol. The van der Waals surface area contributed by atoms with Crippen molar-refractivity contribution in [3.63, 3.8) is 0 Å². The van der Waals surface area contributed by atoms with Gasteiger partial charge in [-0.15, -0.1) is 0 Å². The number of fused-ring (bicyclic) bond motifs is 1. The number of rotatable bonds is 4. The second kappa shape index (κ2) is 6.66. The van der Waals surface area contributed by atoms with Crippen molar-refractivity contribution < 1.29 is 13.9 Å². The van der Waals surface area contributed by atoms with Crippen LogP contribution in [0.3, 0.4) is 0 Å². The first-order valence-electron chi connectivity index (χ1n) is 6.83. The topological polar surface area (TPSA) is 63.8 Å². The van der Waals surface area contributed by atoms with Crippen molar-refractivity contribution in [2.24, 2.45) is 5.10 Å². The summed E-state index contributed by atoms with van der Waals surface area (Å²) in [6.07, 6.45) is 1.53. The van der Waals surface area contributed by atoms with Gasteiger partial charge in [0.1, 0.15) is 11.3 Å². The number of carbonyl (C=O) groups excluding carboxylic acids is 1. The first-order chi connectivity index (χ1) is 11.2. The summed E-state index contributed by atoms with van der Waals surface area (Å²) in [4.78, 5) is 12.1. The molecule has 0 fully saturated rings. The minimum Gasteiger partial charge on any atom is -0.497 e. The fraction of sp³-hybridized carbons (Fsp3) is 0.0588. The summed E-state index contributed by atoms with van der Waals surface area (Å²) in [5, 5.41) is 4.83. The standard InChI is InChI=1S/C17H13BrN2O3/c1-22-13-6-7-14(18)12(8-13)10-19-20-17(21)16-9-11-4-2-3-5-15(11)23-16/h2-10H,1H3,(H,20,21)/b19-10+. The van der Waals surface area contributed by atoms with E-state index in [0.29, 0.717) is 11.3 Å². The van der Waals surface area contributed by atoms with Crippen LogP contribution in [0.1, 0.15) is 16.1 Å². The number of hydrazone groups is 1. The zero-order valence-electron chi connectivity index (χ0n) is 12.2. The van der Waals surface area contributed by atoms with Crippen LogP contribution in [-0.4, -0.2) is 19.2 Å². The monoisotopic (exact) mass is 372 g/mol. The number of para-hydroxylation sites is 1. The molecule has 3 rings (SSSR count). The van der Waals surface area contributed by atoms with E-state index in [1.807, 2.05) is 36.4 Å². The summed E-state index contributed by atoms with van der Waals surface area (Å²) in [6, 6.07) is 14.6. The van der Waals surface area contributed by atoms with Crippen molar-refractivity contribution in [2.75, 3.05) is 7.11 Å². The molecule has 0 spiro atoms. The van der Waals surface area contributed by atoms with Gasteiger partial charge in [-0.25, -0.2) is 5.43 Å². The molecule has 0 saturated heterocycles. The molecule has 6 heteroatoms. The number of nitrogens with zero attached hydrogens (tertiary/aromatic N) is 1. The maximum atomic E-state index is 12.1.